The standard InChI is InChI=1S/C15H12F3N3O4/c16-15(17,18)14(23)25-13(22)11-12(20-21-19-11)24-10-6-5-8-3-1-2-4-9(8)7-10/h1-4,10H,5-7H2,(H,19,20,21). The number of carbonyl (C=O) groups excluding carboxylic acids is 2. The molecular formula is C15H12F3N3O4. The van der Waals surface area contributed by atoms with Gasteiger partial charge in [0.2, 0.25) is 5.69 Å². The molecule has 10 heteroatoms. The number of carbonyl (C=O) groups is 2. The third-order valence-electron chi connectivity index (χ3n) is 3.72. The Kier molecular flexibility index (Phi) is 4.43. The zero-order valence-electron chi connectivity index (χ0n) is 12.7. The van der Waals surface area contributed by atoms with Gasteiger partial charge >= 0.3 is 18.1 Å². The topological polar surface area (TPSA) is 94.2 Å². The molecule has 25 heavy (non-hydrogen) atoms. The van der Waals surface area contributed by atoms with Crippen molar-refractivity contribution >= 4 is 11.9 Å². The molecule has 0 aliphatic heterocycles. The molecule has 0 saturated carbocycles. The van der Waals surface area contributed by atoms with Gasteiger partial charge in [0.15, 0.2) is 0 Å². The fraction of sp³-hybridized carbons (Fsp3) is 0.333. The maximum absolute atomic E-state index is 12.2. The van der Waals surface area contributed by atoms with Gasteiger partial charge in [-0.3, -0.25) is 0 Å². The molecule has 1 aromatic carbocycles. The number of nitrogens with one attached hydrogen (secondary N) is 1. The molecule has 1 aromatic heterocycles. The van der Waals surface area contributed by atoms with E-state index in [0.717, 1.165) is 12.0 Å². The summed E-state index contributed by atoms with van der Waals surface area (Å²) >= 11 is 0. The zero-order valence-corrected chi connectivity index (χ0v) is 12.7. The number of rotatable bonds is 3. The summed E-state index contributed by atoms with van der Waals surface area (Å²) in [5.74, 6) is -4.48. The van der Waals surface area contributed by atoms with Gasteiger partial charge in [0.25, 0.3) is 5.88 Å². The number of halogens is 3. The van der Waals surface area contributed by atoms with E-state index >= 15 is 0 Å². The Morgan fingerprint density at radius 3 is 2.64 bits per heavy atom. The highest BCUT2D eigenvalue weighted by atomic mass is 19.4. The first-order valence-electron chi connectivity index (χ1n) is 7.32. The van der Waals surface area contributed by atoms with Gasteiger partial charge in [0.05, 0.1) is 0 Å². The fourth-order valence-corrected chi connectivity index (χ4v) is 2.55. The van der Waals surface area contributed by atoms with Crippen molar-refractivity contribution in [2.45, 2.75) is 31.5 Å². The van der Waals surface area contributed by atoms with Crippen LogP contribution in [0.15, 0.2) is 24.3 Å². The number of esters is 2. The molecule has 132 valence electrons. The first-order chi connectivity index (χ1) is 11.8. The lowest BCUT2D eigenvalue weighted by Crippen LogP contribution is -2.29. The number of fused-ring (bicyclic) bond motifs is 1. The number of aromatic nitrogens is 3. The Morgan fingerprint density at radius 2 is 1.92 bits per heavy atom. The fourth-order valence-electron chi connectivity index (χ4n) is 2.55. The van der Waals surface area contributed by atoms with Crippen LogP contribution in [-0.2, 0) is 22.4 Å². The number of H-pyrrole nitrogens is 1. The minimum Gasteiger partial charge on any atom is -0.471 e. The molecule has 3 rings (SSSR count). The van der Waals surface area contributed by atoms with Crippen LogP contribution in [0.1, 0.15) is 28.0 Å². The van der Waals surface area contributed by atoms with E-state index in [2.05, 4.69) is 20.1 Å². The highest BCUT2D eigenvalue weighted by Crippen LogP contribution is 2.25. The number of aryl methyl sites for hydroxylation is 1. The normalized spacial score (nSPS) is 16.8. The smallest absolute Gasteiger partial charge is 0.471 e. The highest BCUT2D eigenvalue weighted by molar-refractivity contribution is 5.98. The molecular weight excluding hydrogens is 343 g/mol. The van der Waals surface area contributed by atoms with E-state index in [4.69, 9.17) is 4.74 Å². The summed E-state index contributed by atoms with van der Waals surface area (Å²) in [5.41, 5.74) is 1.73. The largest absolute Gasteiger partial charge is 0.491 e. The third-order valence-corrected chi connectivity index (χ3v) is 3.72. The van der Waals surface area contributed by atoms with Crippen LogP contribution in [0.4, 0.5) is 13.2 Å². The van der Waals surface area contributed by atoms with Crippen molar-refractivity contribution in [1.29, 1.82) is 0 Å². The molecule has 2 aromatic rings. The van der Waals surface area contributed by atoms with E-state index in [1.165, 1.54) is 5.56 Å². The molecule has 0 bridgehead atoms. The summed E-state index contributed by atoms with van der Waals surface area (Å²) in [5, 5.41) is 8.96. The minimum atomic E-state index is -5.28. The van der Waals surface area contributed by atoms with Gasteiger partial charge in [-0.05, 0) is 24.0 Å². The Bertz CT molecular complexity index is 803. The average Bonchev–Trinajstić information content (AvgIpc) is 3.02. The van der Waals surface area contributed by atoms with Crippen LogP contribution in [-0.4, -0.2) is 39.6 Å². The average molecular weight is 355 g/mol. The maximum Gasteiger partial charge on any atom is 0.491 e. The van der Waals surface area contributed by atoms with Gasteiger partial charge < -0.3 is 9.47 Å². The van der Waals surface area contributed by atoms with Crippen molar-refractivity contribution in [2.24, 2.45) is 0 Å². The molecule has 1 unspecified atom stereocenters. The van der Waals surface area contributed by atoms with Crippen LogP contribution in [0.25, 0.3) is 0 Å². The Morgan fingerprint density at radius 1 is 1.20 bits per heavy atom. The van der Waals surface area contributed by atoms with Crippen molar-refractivity contribution < 1.29 is 32.2 Å². The number of alkyl halides is 3. The number of ether oxygens (including phenoxy) is 2. The molecule has 0 radical (unpaired) electrons. The van der Waals surface area contributed by atoms with Crippen molar-refractivity contribution in [3.63, 3.8) is 0 Å². The summed E-state index contributed by atoms with van der Waals surface area (Å²) in [6.07, 6.45) is -3.66. The lowest BCUT2D eigenvalue weighted by Gasteiger charge is -2.24. The van der Waals surface area contributed by atoms with Gasteiger partial charge in [0.1, 0.15) is 6.10 Å². The van der Waals surface area contributed by atoms with Crippen LogP contribution < -0.4 is 4.74 Å². The van der Waals surface area contributed by atoms with Crippen LogP contribution in [0.2, 0.25) is 0 Å². The lowest BCUT2D eigenvalue weighted by molar-refractivity contribution is -0.193. The zero-order chi connectivity index (χ0) is 18.0. The van der Waals surface area contributed by atoms with Crippen LogP contribution in [0.3, 0.4) is 0 Å². The van der Waals surface area contributed by atoms with E-state index in [0.29, 0.717) is 12.8 Å². The van der Waals surface area contributed by atoms with Gasteiger partial charge in [-0.1, -0.05) is 34.6 Å². The Balaban J connectivity index is 1.68. The summed E-state index contributed by atoms with van der Waals surface area (Å²) < 4.78 is 45.8. The predicted molar refractivity (Wildman–Crippen MR) is 75.7 cm³/mol. The van der Waals surface area contributed by atoms with Gasteiger partial charge in [-0.2, -0.15) is 13.2 Å². The lowest BCUT2D eigenvalue weighted by atomic mass is 9.90. The van der Waals surface area contributed by atoms with Crippen LogP contribution in [0, 0.1) is 0 Å². The molecule has 0 amide bonds. The van der Waals surface area contributed by atoms with E-state index in [1.807, 2.05) is 24.3 Å². The van der Waals surface area contributed by atoms with Gasteiger partial charge in [-0.25, -0.2) is 14.7 Å². The summed E-state index contributed by atoms with van der Waals surface area (Å²) in [6.45, 7) is 0. The second-order valence-electron chi connectivity index (χ2n) is 5.42. The Labute approximate surface area is 139 Å². The van der Waals surface area contributed by atoms with Crippen LogP contribution >= 0.6 is 0 Å². The second-order valence-corrected chi connectivity index (χ2v) is 5.42. The first-order valence-corrected chi connectivity index (χ1v) is 7.32. The molecule has 7 nitrogen and oxygen atoms in total. The van der Waals surface area contributed by atoms with Crippen molar-refractivity contribution in [1.82, 2.24) is 15.4 Å². The van der Waals surface area contributed by atoms with Gasteiger partial charge in [0, 0.05) is 6.42 Å². The quantitative estimate of drug-likeness (QED) is 0.668. The summed E-state index contributed by atoms with van der Waals surface area (Å²) in [6, 6.07) is 7.78. The summed E-state index contributed by atoms with van der Waals surface area (Å²) in [7, 11) is 0. The molecule has 1 aliphatic rings. The number of nitrogens with zero attached hydrogens (tertiary/aromatic N) is 2. The molecule has 1 heterocycles. The first kappa shape index (κ1) is 16.9. The van der Waals surface area contributed by atoms with Crippen LogP contribution in [0.5, 0.6) is 5.88 Å². The van der Waals surface area contributed by atoms with E-state index < -0.39 is 23.8 Å². The predicted octanol–water partition coefficient (Wildman–Crippen LogP) is 1.99. The minimum absolute atomic E-state index is 0.302. The van der Waals surface area contributed by atoms with Crippen molar-refractivity contribution in [2.75, 3.05) is 0 Å². The number of aromatic amines is 1. The highest BCUT2D eigenvalue weighted by Gasteiger charge is 2.43. The maximum atomic E-state index is 12.2. The second kappa shape index (κ2) is 6.54. The monoisotopic (exact) mass is 355 g/mol. The number of benzene rings is 1. The SMILES string of the molecule is O=C(OC(=O)C(F)(F)F)c1[nH]nnc1OC1CCc2ccccc2C1. The molecule has 0 fully saturated rings. The summed E-state index contributed by atoms with van der Waals surface area (Å²) in [4.78, 5) is 22.4. The number of hydrogen-bond acceptors (Lipinski definition) is 6. The van der Waals surface area contributed by atoms with Crippen molar-refractivity contribution in [3.05, 3.63) is 41.1 Å². The molecule has 1 atom stereocenters. The van der Waals surface area contributed by atoms with E-state index in [-0.39, 0.29) is 12.0 Å². The molecule has 0 spiro atoms. The third kappa shape index (κ3) is 3.78. The number of hydrogen-bond donors (Lipinski definition) is 1. The molecule has 1 aliphatic carbocycles. The van der Waals surface area contributed by atoms with E-state index in [9.17, 15) is 22.8 Å². The molecule has 0 saturated heterocycles. The molecule has 1 N–H and O–H groups in total. The van der Waals surface area contributed by atoms with Crippen molar-refractivity contribution in [3.8, 4) is 5.88 Å². The van der Waals surface area contributed by atoms with E-state index in [1.54, 1.807) is 0 Å². The van der Waals surface area contributed by atoms with Gasteiger partial charge in [-0.15, -0.1) is 0 Å². The Hall–Kier alpha value is -2.91.